The molecule has 0 aliphatic heterocycles. The molecule has 0 unspecified atom stereocenters. The van der Waals surface area contributed by atoms with Gasteiger partial charge in [-0.3, -0.25) is 4.68 Å². The van der Waals surface area contributed by atoms with Crippen LogP contribution in [0.3, 0.4) is 0 Å². The van der Waals surface area contributed by atoms with Crippen molar-refractivity contribution in [3.63, 3.8) is 0 Å². The summed E-state index contributed by atoms with van der Waals surface area (Å²) in [6, 6.07) is 3.86. The fraction of sp³-hybridized carbons (Fsp3) is 0.214. The molecule has 21 heavy (non-hydrogen) atoms. The number of carbonyl (C=O) groups excluding carboxylic acids is 1. The van der Waals surface area contributed by atoms with Crippen LogP contribution in [0.5, 0.6) is 0 Å². The summed E-state index contributed by atoms with van der Waals surface area (Å²) in [5, 5.41) is 8.94. The minimum atomic E-state index is -0.311. The number of carbonyl (C=O) groups is 1. The van der Waals surface area contributed by atoms with E-state index in [0.29, 0.717) is 11.5 Å². The van der Waals surface area contributed by atoms with E-state index in [1.165, 1.54) is 11.3 Å². The monoisotopic (exact) mass is 319 g/mol. The van der Waals surface area contributed by atoms with Crippen LogP contribution in [0.2, 0.25) is 0 Å². The highest BCUT2D eigenvalue weighted by molar-refractivity contribution is 7.17. The second-order valence-electron chi connectivity index (χ2n) is 4.30. The van der Waals surface area contributed by atoms with E-state index in [-0.39, 0.29) is 5.97 Å². The highest BCUT2D eigenvalue weighted by Crippen LogP contribution is 2.27. The van der Waals surface area contributed by atoms with Gasteiger partial charge >= 0.3 is 5.97 Å². The van der Waals surface area contributed by atoms with E-state index >= 15 is 0 Å². The smallest absolute Gasteiger partial charge is 0.349 e. The third kappa shape index (κ3) is 3.56. The fourth-order valence-electron chi connectivity index (χ4n) is 1.78. The van der Waals surface area contributed by atoms with Crippen LogP contribution in [0, 0.1) is 0 Å². The molecule has 0 spiro atoms. The van der Waals surface area contributed by atoms with Gasteiger partial charge in [-0.05, 0) is 17.5 Å². The van der Waals surface area contributed by atoms with E-state index in [4.69, 9.17) is 4.74 Å². The number of nitrogens with zero attached hydrogens (tertiary/aromatic N) is 3. The van der Waals surface area contributed by atoms with Gasteiger partial charge in [0.15, 0.2) is 0 Å². The number of esters is 1. The van der Waals surface area contributed by atoms with Gasteiger partial charge in [0.1, 0.15) is 9.88 Å². The average molecular weight is 319 g/mol. The molecule has 3 aromatic heterocycles. The number of hydrogen-bond acceptors (Lipinski definition) is 6. The van der Waals surface area contributed by atoms with Gasteiger partial charge in [0, 0.05) is 36.3 Å². The zero-order chi connectivity index (χ0) is 14.5. The third-order valence-corrected chi connectivity index (χ3v) is 4.51. The van der Waals surface area contributed by atoms with Crippen LogP contribution in [-0.2, 0) is 11.3 Å². The molecule has 0 fully saturated rings. The molecule has 0 saturated carbocycles. The van der Waals surface area contributed by atoms with E-state index in [1.807, 2.05) is 33.8 Å². The van der Waals surface area contributed by atoms with E-state index in [2.05, 4.69) is 10.1 Å². The lowest BCUT2D eigenvalue weighted by Crippen LogP contribution is -2.07. The summed E-state index contributed by atoms with van der Waals surface area (Å²) in [6.45, 7) is 1.12. The van der Waals surface area contributed by atoms with Crippen molar-refractivity contribution in [3.8, 4) is 10.6 Å². The SMILES string of the molecule is O=C(OCCCn1cccn1)c1cnc(-c2ccsc2)s1. The Bertz CT molecular complexity index is 690. The van der Waals surface area contributed by atoms with Crippen molar-refractivity contribution in [2.24, 2.45) is 0 Å². The van der Waals surface area contributed by atoms with Crippen molar-refractivity contribution in [2.75, 3.05) is 6.61 Å². The van der Waals surface area contributed by atoms with E-state index in [1.54, 1.807) is 23.7 Å². The Hall–Kier alpha value is -1.99. The highest BCUT2D eigenvalue weighted by atomic mass is 32.1. The second-order valence-corrected chi connectivity index (χ2v) is 6.11. The molecule has 3 heterocycles. The number of rotatable bonds is 6. The molecular weight excluding hydrogens is 306 g/mol. The van der Waals surface area contributed by atoms with Crippen LogP contribution < -0.4 is 0 Å². The van der Waals surface area contributed by atoms with Crippen molar-refractivity contribution in [1.29, 1.82) is 0 Å². The Morgan fingerprint density at radius 2 is 2.38 bits per heavy atom. The molecule has 3 aromatic rings. The predicted octanol–water partition coefficient (Wildman–Crippen LogP) is 3.32. The lowest BCUT2D eigenvalue weighted by molar-refractivity contribution is 0.0500. The summed E-state index contributed by atoms with van der Waals surface area (Å²) in [5.74, 6) is -0.311. The molecule has 7 heteroatoms. The lowest BCUT2D eigenvalue weighted by Gasteiger charge is -2.03. The number of thiophene rings is 1. The van der Waals surface area contributed by atoms with Gasteiger partial charge in [-0.2, -0.15) is 16.4 Å². The maximum Gasteiger partial charge on any atom is 0.349 e. The molecule has 0 N–H and O–H groups in total. The zero-order valence-corrected chi connectivity index (χ0v) is 12.8. The van der Waals surface area contributed by atoms with Crippen LogP contribution in [0.15, 0.2) is 41.5 Å². The molecule has 3 rings (SSSR count). The van der Waals surface area contributed by atoms with Gasteiger partial charge < -0.3 is 4.74 Å². The van der Waals surface area contributed by atoms with Gasteiger partial charge in [0.25, 0.3) is 0 Å². The van der Waals surface area contributed by atoms with Crippen LogP contribution in [0.1, 0.15) is 16.1 Å². The molecule has 0 aromatic carbocycles. The first-order chi connectivity index (χ1) is 10.3. The summed E-state index contributed by atoms with van der Waals surface area (Å²) in [5.41, 5.74) is 1.04. The van der Waals surface area contributed by atoms with E-state index in [9.17, 15) is 4.79 Å². The van der Waals surface area contributed by atoms with Crippen LogP contribution >= 0.6 is 22.7 Å². The van der Waals surface area contributed by atoms with Crippen LogP contribution in [0.25, 0.3) is 10.6 Å². The number of ether oxygens (including phenoxy) is 1. The predicted molar refractivity (Wildman–Crippen MR) is 82.6 cm³/mol. The normalized spacial score (nSPS) is 10.7. The molecule has 0 bridgehead atoms. The molecular formula is C14H13N3O2S2. The van der Waals surface area contributed by atoms with Crippen LogP contribution in [-0.4, -0.2) is 27.3 Å². The van der Waals surface area contributed by atoms with Crippen molar-refractivity contribution in [1.82, 2.24) is 14.8 Å². The number of thiazole rings is 1. The van der Waals surface area contributed by atoms with Gasteiger partial charge in [0.05, 0.1) is 12.8 Å². The minimum absolute atomic E-state index is 0.311. The van der Waals surface area contributed by atoms with Gasteiger partial charge in [-0.15, -0.1) is 11.3 Å². The molecule has 0 amide bonds. The van der Waals surface area contributed by atoms with E-state index in [0.717, 1.165) is 23.5 Å². The van der Waals surface area contributed by atoms with Crippen LogP contribution in [0.4, 0.5) is 0 Å². The molecule has 0 radical (unpaired) electrons. The largest absolute Gasteiger partial charge is 0.461 e. The van der Waals surface area contributed by atoms with Crippen molar-refractivity contribution >= 4 is 28.6 Å². The molecule has 5 nitrogen and oxygen atoms in total. The van der Waals surface area contributed by atoms with Crippen molar-refractivity contribution < 1.29 is 9.53 Å². The molecule has 0 saturated heterocycles. The molecule has 108 valence electrons. The fourth-order valence-corrected chi connectivity index (χ4v) is 3.30. The maximum atomic E-state index is 11.9. The highest BCUT2D eigenvalue weighted by Gasteiger charge is 2.13. The first kappa shape index (κ1) is 14.0. The van der Waals surface area contributed by atoms with Crippen molar-refractivity contribution in [3.05, 3.63) is 46.4 Å². The van der Waals surface area contributed by atoms with Gasteiger partial charge in [0.2, 0.25) is 0 Å². The summed E-state index contributed by atoms with van der Waals surface area (Å²) >= 11 is 2.97. The lowest BCUT2D eigenvalue weighted by atomic mass is 10.4. The summed E-state index contributed by atoms with van der Waals surface area (Å²) < 4.78 is 7.06. The topological polar surface area (TPSA) is 57.0 Å². The first-order valence-corrected chi connectivity index (χ1v) is 8.22. The quantitative estimate of drug-likeness (QED) is 0.516. The third-order valence-electron chi connectivity index (χ3n) is 2.80. The Labute approximate surface area is 129 Å². The number of aromatic nitrogens is 3. The molecule has 0 aliphatic carbocycles. The first-order valence-electron chi connectivity index (χ1n) is 6.46. The molecule has 0 aliphatic rings. The Balaban J connectivity index is 1.49. The maximum absolute atomic E-state index is 11.9. The van der Waals surface area contributed by atoms with Gasteiger partial charge in [-0.1, -0.05) is 0 Å². The zero-order valence-electron chi connectivity index (χ0n) is 11.1. The van der Waals surface area contributed by atoms with Gasteiger partial charge in [-0.25, -0.2) is 9.78 Å². The summed E-state index contributed by atoms with van der Waals surface area (Å²) in [6.07, 6.45) is 5.94. The number of aryl methyl sites for hydroxylation is 1. The summed E-state index contributed by atoms with van der Waals surface area (Å²) in [7, 11) is 0. The van der Waals surface area contributed by atoms with E-state index < -0.39 is 0 Å². The standard InChI is InChI=1S/C14H13N3O2S2/c18-14(19-7-2-6-17-5-1-4-16-17)12-9-15-13(21-12)11-3-8-20-10-11/h1,3-5,8-10H,2,6-7H2. The average Bonchev–Trinajstić information content (AvgIpc) is 3.25. The Morgan fingerprint density at radius 1 is 1.43 bits per heavy atom. The molecule has 0 atom stereocenters. The second kappa shape index (κ2) is 6.64. The number of hydrogen-bond donors (Lipinski definition) is 0. The van der Waals surface area contributed by atoms with Crippen molar-refractivity contribution in [2.45, 2.75) is 13.0 Å². The summed E-state index contributed by atoms with van der Waals surface area (Å²) in [4.78, 5) is 16.7. The minimum Gasteiger partial charge on any atom is -0.461 e. The Morgan fingerprint density at radius 3 is 3.14 bits per heavy atom. The Kier molecular flexibility index (Phi) is 4.42.